The first kappa shape index (κ1) is 25.1. The summed E-state index contributed by atoms with van der Waals surface area (Å²) >= 11 is 0. The minimum atomic E-state index is 0.539. The van der Waals surface area contributed by atoms with Crippen molar-refractivity contribution in [2.24, 2.45) is 0 Å². The third-order valence-corrected chi connectivity index (χ3v) is 6.20. The van der Waals surface area contributed by atoms with Crippen molar-refractivity contribution >= 4 is 0 Å². The molecule has 28 heavy (non-hydrogen) atoms. The molecule has 0 spiro atoms. The van der Waals surface area contributed by atoms with Gasteiger partial charge in [0, 0.05) is 0 Å². The summed E-state index contributed by atoms with van der Waals surface area (Å²) < 4.78 is 0. The van der Waals surface area contributed by atoms with Crippen LogP contribution in [0.1, 0.15) is 134 Å². The minimum Gasteiger partial charge on any atom is -0.508 e. The van der Waals surface area contributed by atoms with Gasteiger partial charge >= 0.3 is 0 Å². The van der Waals surface area contributed by atoms with Crippen LogP contribution in [-0.4, -0.2) is 5.11 Å². The quantitative estimate of drug-likeness (QED) is 0.249. The second-order valence-electron chi connectivity index (χ2n) is 8.65. The normalized spacial score (nSPS) is 11.2. The molecule has 1 aromatic carbocycles. The number of rotatable bonds is 18. The van der Waals surface area contributed by atoms with E-state index >= 15 is 0 Å². The Morgan fingerprint density at radius 2 is 0.964 bits per heavy atom. The molecule has 0 fully saturated rings. The van der Waals surface area contributed by atoms with Gasteiger partial charge in [-0.25, -0.2) is 0 Å². The first-order valence-corrected chi connectivity index (χ1v) is 12.6. The molecule has 0 aliphatic carbocycles. The Morgan fingerprint density at radius 1 is 0.536 bits per heavy atom. The molecule has 0 aliphatic heterocycles. The van der Waals surface area contributed by atoms with Crippen LogP contribution < -0.4 is 0 Å². The Kier molecular flexibility index (Phi) is 15.1. The number of hydrogen-bond acceptors (Lipinski definition) is 1. The molecule has 0 aromatic heterocycles. The van der Waals surface area contributed by atoms with Crippen molar-refractivity contribution in [3.8, 4) is 5.75 Å². The van der Waals surface area contributed by atoms with Crippen molar-refractivity contribution in [3.63, 3.8) is 0 Å². The Balaban J connectivity index is 2.37. The summed E-state index contributed by atoms with van der Waals surface area (Å²) in [6, 6.07) is 4.09. The maximum absolute atomic E-state index is 10.5. The molecule has 0 saturated carbocycles. The number of unbranched alkanes of at least 4 members (excludes halogenated alkanes) is 13. The van der Waals surface area contributed by atoms with E-state index in [4.69, 9.17) is 0 Å². The van der Waals surface area contributed by atoms with E-state index in [-0.39, 0.29) is 0 Å². The van der Waals surface area contributed by atoms with E-state index in [1.165, 1.54) is 113 Å². The fraction of sp³-hybridized carbons (Fsp3) is 0.778. The lowest BCUT2D eigenvalue weighted by atomic mass is 9.90. The van der Waals surface area contributed by atoms with E-state index in [1.807, 2.05) is 6.07 Å². The van der Waals surface area contributed by atoms with Gasteiger partial charge in [-0.2, -0.15) is 0 Å². The van der Waals surface area contributed by atoms with Gasteiger partial charge in [-0.05, 0) is 54.9 Å². The van der Waals surface area contributed by atoms with Crippen molar-refractivity contribution in [1.82, 2.24) is 0 Å². The molecule has 0 bridgehead atoms. The highest BCUT2D eigenvalue weighted by atomic mass is 16.3. The molecule has 0 heterocycles. The lowest BCUT2D eigenvalue weighted by Crippen LogP contribution is -2.01. The van der Waals surface area contributed by atoms with E-state index in [9.17, 15) is 5.11 Å². The number of phenols is 1. The average Bonchev–Trinajstić information content (AvgIpc) is 2.70. The van der Waals surface area contributed by atoms with Crippen molar-refractivity contribution in [2.75, 3.05) is 0 Å². The highest BCUT2D eigenvalue weighted by Gasteiger charge is 2.12. The fourth-order valence-electron chi connectivity index (χ4n) is 4.35. The Morgan fingerprint density at radius 3 is 1.43 bits per heavy atom. The van der Waals surface area contributed by atoms with Gasteiger partial charge in [-0.3, -0.25) is 0 Å². The largest absolute Gasteiger partial charge is 0.508 e. The fourth-order valence-corrected chi connectivity index (χ4v) is 4.35. The predicted octanol–water partition coefficient (Wildman–Crippen LogP) is 8.93. The molecule has 1 heteroatoms. The molecule has 0 unspecified atom stereocenters. The van der Waals surface area contributed by atoms with Gasteiger partial charge in [0.25, 0.3) is 0 Å². The molecular weight excluding hydrogens is 340 g/mol. The van der Waals surface area contributed by atoms with E-state index in [0.29, 0.717) is 5.75 Å². The monoisotopic (exact) mass is 388 g/mol. The summed E-state index contributed by atoms with van der Waals surface area (Å²) in [5.41, 5.74) is 4.18. The van der Waals surface area contributed by atoms with Crippen molar-refractivity contribution in [1.29, 1.82) is 0 Å². The average molecular weight is 389 g/mol. The topological polar surface area (TPSA) is 20.2 Å². The molecule has 1 rings (SSSR count). The first-order chi connectivity index (χ1) is 13.7. The van der Waals surface area contributed by atoms with Crippen molar-refractivity contribution < 1.29 is 5.11 Å². The van der Waals surface area contributed by atoms with Crippen LogP contribution in [0.3, 0.4) is 0 Å². The SMILES string of the molecule is CCCCCCCCCCCCc1c(O)ccc(CC)c1CCCCCCC. The van der Waals surface area contributed by atoms with Crippen LogP contribution in [0.25, 0.3) is 0 Å². The third-order valence-electron chi connectivity index (χ3n) is 6.20. The zero-order valence-corrected chi connectivity index (χ0v) is 19.3. The summed E-state index contributed by atoms with van der Waals surface area (Å²) in [7, 11) is 0. The maximum atomic E-state index is 10.5. The number of aryl methyl sites for hydroxylation is 1. The molecule has 0 radical (unpaired) electrons. The molecular formula is C27H48O. The Hall–Kier alpha value is -0.980. The van der Waals surface area contributed by atoms with Crippen LogP contribution in [-0.2, 0) is 19.3 Å². The van der Waals surface area contributed by atoms with Gasteiger partial charge in [-0.1, -0.05) is 110 Å². The highest BCUT2D eigenvalue weighted by Crippen LogP contribution is 2.29. The molecule has 1 nitrogen and oxygen atoms in total. The Bertz CT molecular complexity index is 491. The van der Waals surface area contributed by atoms with Crippen LogP contribution in [0.2, 0.25) is 0 Å². The highest BCUT2D eigenvalue weighted by molar-refractivity contribution is 5.44. The number of hydrogen-bond donors (Lipinski definition) is 1. The molecule has 162 valence electrons. The molecule has 0 amide bonds. The Labute approximate surface area is 176 Å². The van der Waals surface area contributed by atoms with Crippen LogP contribution in [0.4, 0.5) is 0 Å². The zero-order valence-electron chi connectivity index (χ0n) is 19.3. The second-order valence-corrected chi connectivity index (χ2v) is 8.65. The molecule has 0 saturated heterocycles. The summed E-state index contributed by atoms with van der Waals surface area (Å²) in [4.78, 5) is 0. The zero-order chi connectivity index (χ0) is 20.5. The standard InChI is InChI=1S/C27H48O/c1-4-7-9-11-12-13-14-15-17-19-21-26-25(20-18-16-10-8-5-2)24(6-3)22-23-27(26)28/h22-23,28H,4-21H2,1-3H3. The number of benzene rings is 1. The van der Waals surface area contributed by atoms with Crippen molar-refractivity contribution in [2.45, 2.75) is 136 Å². The predicted molar refractivity (Wildman–Crippen MR) is 125 cm³/mol. The van der Waals surface area contributed by atoms with Gasteiger partial charge in [0.1, 0.15) is 5.75 Å². The van der Waals surface area contributed by atoms with Crippen LogP contribution in [0, 0.1) is 0 Å². The van der Waals surface area contributed by atoms with E-state index in [2.05, 4.69) is 26.8 Å². The molecule has 0 atom stereocenters. The lowest BCUT2D eigenvalue weighted by molar-refractivity contribution is 0.463. The van der Waals surface area contributed by atoms with Gasteiger partial charge in [0.2, 0.25) is 0 Å². The maximum Gasteiger partial charge on any atom is 0.119 e. The molecule has 1 N–H and O–H groups in total. The second kappa shape index (κ2) is 16.9. The van der Waals surface area contributed by atoms with Crippen LogP contribution in [0.15, 0.2) is 12.1 Å². The number of aromatic hydroxyl groups is 1. The summed E-state index contributed by atoms with van der Waals surface area (Å²) in [6.45, 7) is 6.80. The first-order valence-electron chi connectivity index (χ1n) is 12.6. The van der Waals surface area contributed by atoms with Crippen LogP contribution in [0.5, 0.6) is 5.75 Å². The smallest absolute Gasteiger partial charge is 0.119 e. The molecule has 0 aliphatic rings. The van der Waals surface area contributed by atoms with Crippen molar-refractivity contribution in [3.05, 3.63) is 28.8 Å². The van der Waals surface area contributed by atoms with E-state index < -0.39 is 0 Å². The van der Waals surface area contributed by atoms with Gasteiger partial charge in [-0.15, -0.1) is 0 Å². The van der Waals surface area contributed by atoms with Crippen LogP contribution >= 0.6 is 0 Å². The summed E-state index contributed by atoms with van der Waals surface area (Å²) in [5, 5.41) is 10.5. The van der Waals surface area contributed by atoms with E-state index in [1.54, 1.807) is 0 Å². The number of phenolic OH excluding ortho intramolecular Hbond substituents is 1. The lowest BCUT2D eigenvalue weighted by Gasteiger charge is -2.16. The molecule has 1 aromatic rings. The van der Waals surface area contributed by atoms with E-state index in [0.717, 1.165) is 19.3 Å². The van der Waals surface area contributed by atoms with Gasteiger partial charge < -0.3 is 5.11 Å². The van der Waals surface area contributed by atoms with Gasteiger partial charge in [0.15, 0.2) is 0 Å². The summed E-state index contributed by atoms with van der Waals surface area (Å²) in [5.74, 6) is 0.539. The minimum absolute atomic E-state index is 0.539. The third kappa shape index (κ3) is 10.5. The van der Waals surface area contributed by atoms with Gasteiger partial charge in [0.05, 0.1) is 0 Å². The summed E-state index contributed by atoms with van der Waals surface area (Å²) in [6.07, 6.45) is 23.6.